The van der Waals surface area contributed by atoms with E-state index in [-0.39, 0.29) is 5.91 Å². The van der Waals surface area contributed by atoms with Crippen LogP contribution in [-0.4, -0.2) is 48.7 Å². The van der Waals surface area contributed by atoms with Crippen molar-refractivity contribution < 1.29 is 9.63 Å². The molecule has 0 radical (unpaired) electrons. The van der Waals surface area contributed by atoms with Crippen LogP contribution in [0.3, 0.4) is 0 Å². The number of nitrogens with zero attached hydrogens (tertiary/aromatic N) is 2. The van der Waals surface area contributed by atoms with Crippen LogP contribution in [0.2, 0.25) is 0 Å². The molecule has 0 aromatic carbocycles. The zero-order valence-corrected chi connectivity index (χ0v) is 16.1. The number of hydrogen-bond donors (Lipinski definition) is 0. The topological polar surface area (TPSA) is 32.8 Å². The lowest BCUT2D eigenvalue weighted by atomic mass is 10.2. The van der Waals surface area contributed by atoms with E-state index in [1.54, 1.807) is 0 Å². The molecule has 0 aromatic rings. The van der Waals surface area contributed by atoms with Crippen molar-refractivity contribution in [3.8, 4) is 0 Å². The van der Waals surface area contributed by atoms with Gasteiger partial charge in [-0.1, -0.05) is 53.4 Å². The number of carbonyl (C=O) groups excluding carboxylic acids is 1. The SMILES string of the molecule is CCCCN(CCCC)OCCC(=O)N(CCCC)CCCC. The van der Waals surface area contributed by atoms with Gasteiger partial charge in [-0.25, -0.2) is 0 Å². The summed E-state index contributed by atoms with van der Waals surface area (Å²) in [6, 6.07) is 0. The summed E-state index contributed by atoms with van der Waals surface area (Å²) in [5.74, 6) is 0.248. The molecule has 4 heteroatoms. The van der Waals surface area contributed by atoms with Crippen LogP contribution in [0.4, 0.5) is 0 Å². The fourth-order valence-electron chi connectivity index (χ4n) is 2.39. The van der Waals surface area contributed by atoms with Crippen molar-refractivity contribution in [1.29, 1.82) is 0 Å². The van der Waals surface area contributed by atoms with E-state index in [4.69, 9.17) is 4.84 Å². The second-order valence-corrected chi connectivity index (χ2v) is 6.31. The lowest BCUT2D eigenvalue weighted by Gasteiger charge is -2.24. The smallest absolute Gasteiger partial charge is 0.224 e. The maximum Gasteiger partial charge on any atom is 0.224 e. The molecule has 0 bridgehead atoms. The summed E-state index contributed by atoms with van der Waals surface area (Å²) in [5, 5.41) is 2.06. The van der Waals surface area contributed by atoms with Crippen molar-refractivity contribution in [1.82, 2.24) is 9.96 Å². The fraction of sp³-hybridized carbons (Fsp3) is 0.947. The van der Waals surface area contributed by atoms with Crippen molar-refractivity contribution in [2.45, 2.75) is 85.5 Å². The normalized spacial score (nSPS) is 11.2. The third-order valence-electron chi connectivity index (χ3n) is 4.03. The molecule has 0 rings (SSSR count). The predicted octanol–water partition coefficient (Wildman–Crippen LogP) is 4.64. The number of amides is 1. The maximum atomic E-state index is 12.4. The molecule has 0 heterocycles. The average Bonchev–Trinajstić information content (AvgIpc) is 2.56. The highest BCUT2D eigenvalue weighted by Gasteiger charge is 2.13. The highest BCUT2D eigenvalue weighted by atomic mass is 16.7. The average molecular weight is 329 g/mol. The largest absolute Gasteiger partial charge is 0.343 e. The minimum atomic E-state index is 0.248. The Balaban J connectivity index is 4.16. The van der Waals surface area contributed by atoms with Gasteiger partial charge in [-0.05, 0) is 25.7 Å². The number of hydrogen-bond acceptors (Lipinski definition) is 3. The van der Waals surface area contributed by atoms with Gasteiger partial charge in [0.15, 0.2) is 0 Å². The zero-order chi connectivity index (χ0) is 17.3. The molecule has 4 nitrogen and oxygen atoms in total. The summed E-state index contributed by atoms with van der Waals surface area (Å²) in [4.78, 5) is 20.3. The first-order valence-corrected chi connectivity index (χ1v) is 9.85. The van der Waals surface area contributed by atoms with Gasteiger partial charge in [0.2, 0.25) is 5.91 Å². The van der Waals surface area contributed by atoms with Gasteiger partial charge >= 0.3 is 0 Å². The van der Waals surface area contributed by atoms with Crippen molar-refractivity contribution >= 4 is 5.91 Å². The molecule has 0 aliphatic carbocycles. The van der Waals surface area contributed by atoms with E-state index in [1.807, 2.05) is 4.90 Å². The highest BCUT2D eigenvalue weighted by Crippen LogP contribution is 2.05. The molecule has 0 aliphatic rings. The van der Waals surface area contributed by atoms with E-state index in [0.29, 0.717) is 13.0 Å². The second kappa shape index (κ2) is 16.3. The third kappa shape index (κ3) is 12.5. The first-order valence-electron chi connectivity index (χ1n) is 9.85. The van der Waals surface area contributed by atoms with Gasteiger partial charge in [-0.15, -0.1) is 0 Å². The quantitative estimate of drug-likeness (QED) is 0.387. The molecular formula is C19H40N2O2. The number of unbranched alkanes of at least 4 members (excludes halogenated alkanes) is 4. The van der Waals surface area contributed by atoms with Crippen molar-refractivity contribution in [2.75, 3.05) is 32.8 Å². The van der Waals surface area contributed by atoms with E-state index < -0.39 is 0 Å². The van der Waals surface area contributed by atoms with Crippen molar-refractivity contribution in [3.63, 3.8) is 0 Å². The number of hydroxylamine groups is 2. The Morgan fingerprint density at radius 2 is 1.17 bits per heavy atom. The Hall–Kier alpha value is -0.610. The molecule has 0 saturated heterocycles. The molecule has 138 valence electrons. The molecule has 0 fully saturated rings. The number of rotatable bonds is 16. The van der Waals surface area contributed by atoms with Crippen LogP contribution >= 0.6 is 0 Å². The lowest BCUT2D eigenvalue weighted by molar-refractivity contribution is -0.166. The van der Waals surface area contributed by atoms with Crippen LogP contribution in [-0.2, 0) is 9.63 Å². The minimum absolute atomic E-state index is 0.248. The summed E-state index contributed by atoms with van der Waals surface area (Å²) in [7, 11) is 0. The lowest BCUT2D eigenvalue weighted by Crippen LogP contribution is -2.34. The van der Waals surface area contributed by atoms with Gasteiger partial charge in [-0.3, -0.25) is 9.63 Å². The summed E-state index contributed by atoms with van der Waals surface area (Å²) < 4.78 is 0. The summed E-state index contributed by atoms with van der Waals surface area (Å²) in [6.07, 6.45) is 9.60. The van der Waals surface area contributed by atoms with E-state index >= 15 is 0 Å². The molecule has 0 spiro atoms. The molecule has 0 saturated carbocycles. The highest BCUT2D eigenvalue weighted by molar-refractivity contribution is 5.76. The molecule has 0 atom stereocenters. The Kier molecular flexibility index (Phi) is 15.8. The van der Waals surface area contributed by atoms with Crippen LogP contribution in [0.5, 0.6) is 0 Å². The first kappa shape index (κ1) is 22.4. The molecular weight excluding hydrogens is 288 g/mol. The maximum absolute atomic E-state index is 12.4. The summed E-state index contributed by atoms with van der Waals surface area (Å²) in [6.45, 7) is 13.0. The summed E-state index contributed by atoms with van der Waals surface area (Å²) >= 11 is 0. The molecule has 0 N–H and O–H groups in total. The number of carbonyl (C=O) groups is 1. The Morgan fingerprint density at radius 3 is 1.61 bits per heavy atom. The van der Waals surface area contributed by atoms with E-state index in [0.717, 1.165) is 64.7 Å². The molecule has 0 aromatic heterocycles. The van der Waals surface area contributed by atoms with Gasteiger partial charge in [0, 0.05) is 26.2 Å². The molecule has 0 aliphatic heterocycles. The van der Waals surface area contributed by atoms with Crippen molar-refractivity contribution in [2.24, 2.45) is 0 Å². The van der Waals surface area contributed by atoms with Crippen LogP contribution in [0.1, 0.15) is 85.5 Å². The van der Waals surface area contributed by atoms with Crippen LogP contribution < -0.4 is 0 Å². The van der Waals surface area contributed by atoms with Gasteiger partial charge in [0.05, 0.1) is 13.0 Å². The van der Waals surface area contributed by atoms with E-state index in [9.17, 15) is 4.79 Å². The summed E-state index contributed by atoms with van der Waals surface area (Å²) in [5.41, 5.74) is 0. The van der Waals surface area contributed by atoms with Gasteiger partial charge in [0.25, 0.3) is 0 Å². The standard InChI is InChI=1S/C19H40N2O2/c1-5-9-14-20(15-10-6-2)19(22)13-18-23-21(16-11-7-3)17-12-8-4/h5-18H2,1-4H3. The van der Waals surface area contributed by atoms with E-state index in [2.05, 4.69) is 32.8 Å². The molecule has 0 unspecified atom stereocenters. The van der Waals surface area contributed by atoms with Gasteiger partial charge in [-0.2, -0.15) is 5.06 Å². The monoisotopic (exact) mass is 328 g/mol. The van der Waals surface area contributed by atoms with Gasteiger partial charge in [0.1, 0.15) is 0 Å². The van der Waals surface area contributed by atoms with Crippen LogP contribution in [0, 0.1) is 0 Å². The van der Waals surface area contributed by atoms with Crippen LogP contribution in [0.15, 0.2) is 0 Å². The Labute approximate surface area is 144 Å². The minimum Gasteiger partial charge on any atom is -0.343 e. The van der Waals surface area contributed by atoms with Crippen molar-refractivity contribution in [3.05, 3.63) is 0 Å². The first-order chi connectivity index (χ1) is 11.2. The molecule has 23 heavy (non-hydrogen) atoms. The van der Waals surface area contributed by atoms with Gasteiger partial charge < -0.3 is 4.90 Å². The molecule has 1 amide bonds. The fourth-order valence-corrected chi connectivity index (χ4v) is 2.39. The second-order valence-electron chi connectivity index (χ2n) is 6.31. The Bertz CT molecular complexity index is 256. The van der Waals surface area contributed by atoms with E-state index in [1.165, 1.54) is 12.8 Å². The Morgan fingerprint density at radius 1 is 0.739 bits per heavy atom. The van der Waals surface area contributed by atoms with Crippen LogP contribution in [0.25, 0.3) is 0 Å². The predicted molar refractivity (Wildman–Crippen MR) is 98.4 cm³/mol. The third-order valence-corrected chi connectivity index (χ3v) is 4.03. The zero-order valence-electron chi connectivity index (χ0n) is 16.1.